The zero-order chi connectivity index (χ0) is 21.9. The van der Waals surface area contributed by atoms with E-state index in [0.29, 0.717) is 32.4 Å². The molecule has 2 amide bonds. The van der Waals surface area contributed by atoms with E-state index in [2.05, 4.69) is 5.32 Å². The van der Waals surface area contributed by atoms with Crippen molar-refractivity contribution in [1.82, 2.24) is 10.2 Å². The first kappa shape index (κ1) is 22.1. The number of nitrogens with zero attached hydrogens (tertiary/aromatic N) is 2. The van der Waals surface area contributed by atoms with Crippen LogP contribution in [0.15, 0.2) is 23.1 Å². The predicted molar refractivity (Wildman–Crippen MR) is 99.6 cm³/mol. The molecular formula is C19H21F2N3O5S. The quantitative estimate of drug-likeness (QED) is 0.529. The Labute approximate surface area is 172 Å². The van der Waals surface area contributed by atoms with E-state index in [1.165, 1.54) is 4.90 Å². The molecule has 1 N–H and O–H groups in total. The van der Waals surface area contributed by atoms with Crippen LogP contribution in [0, 0.1) is 34.8 Å². The number of hydrogen-bond donors (Lipinski definition) is 1. The molecule has 0 spiro atoms. The molecular weight excluding hydrogens is 420 g/mol. The van der Waals surface area contributed by atoms with Gasteiger partial charge in [-0.1, -0.05) is 0 Å². The molecule has 0 radical (unpaired) electrons. The molecule has 11 heteroatoms. The highest BCUT2D eigenvalue weighted by atomic mass is 32.2. The maximum absolute atomic E-state index is 14.1. The molecule has 1 saturated heterocycles. The van der Waals surface area contributed by atoms with Crippen molar-refractivity contribution in [3.8, 4) is 6.07 Å². The fourth-order valence-corrected chi connectivity index (χ4v) is 5.84. The molecule has 2 fully saturated rings. The normalized spacial score (nSPS) is 24.3. The van der Waals surface area contributed by atoms with Gasteiger partial charge in [0.25, 0.3) is 0 Å². The second-order valence-corrected chi connectivity index (χ2v) is 9.44. The molecule has 1 aromatic rings. The Morgan fingerprint density at radius 2 is 1.87 bits per heavy atom. The molecule has 1 heterocycles. The first-order chi connectivity index (χ1) is 14.3. The molecule has 0 aromatic heterocycles. The van der Waals surface area contributed by atoms with Crippen molar-refractivity contribution in [2.45, 2.75) is 23.0 Å². The van der Waals surface area contributed by atoms with Gasteiger partial charge >= 0.3 is 0 Å². The zero-order valence-corrected chi connectivity index (χ0v) is 16.8. The van der Waals surface area contributed by atoms with Gasteiger partial charge in [-0.15, -0.1) is 0 Å². The van der Waals surface area contributed by atoms with Crippen LogP contribution in [0.2, 0.25) is 0 Å². The Kier molecular flexibility index (Phi) is 6.67. The minimum atomic E-state index is -4.25. The van der Waals surface area contributed by atoms with E-state index in [4.69, 9.17) is 10.00 Å². The Balaban J connectivity index is 1.89. The van der Waals surface area contributed by atoms with Gasteiger partial charge in [-0.05, 0) is 25.0 Å². The summed E-state index contributed by atoms with van der Waals surface area (Å²) in [6.45, 7) is 1.05. The van der Waals surface area contributed by atoms with Crippen molar-refractivity contribution in [3.63, 3.8) is 0 Å². The molecule has 0 unspecified atom stereocenters. The van der Waals surface area contributed by atoms with Crippen molar-refractivity contribution in [2.24, 2.45) is 11.8 Å². The minimum absolute atomic E-state index is 0.167. The lowest BCUT2D eigenvalue weighted by molar-refractivity contribution is -0.144. The van der Waals surface area contributed by atoms with Crippen LogP contribution in [0.4, 0.5) is 8.78 Å². The number of sulfone groups is 1. The van der Waals surface area contributed by atoms with Crippen LogP contribution in [-0.4, -0.2) is 63.2 Å². The second kappa shape index (κ2) is 9.06. The molecule has 3 atom stereocenters. The average molecular weight is 441 g/mol. The topological polar surface area (TPSA) is 117 Å². The van der Waals surface area contributed by atoms with Gasteiger partial charge in [0.2, 0.25) is 11.8 Å². The van der Waals surface area contributed by atoms with Gasteiger partial charge in [0, 0.05) is 19.2 Å². The lowest BCUT2D eigenvalue weighted by Crippen LogP contribution is -2.46. The summed E-state index contributed by atoms with van der Waals surface area (Å²) in [4.78, 5) is 26.4. The average Bonchev–Trinajstić information content (AvgIpc) is 3.18. The molecule has 162 valence electrons. The summed E-state index contributed by atoms with van der Waals surface area (Å²) in [6, 6.07) is 3.94. The Hall–Kier alpha value is -2.58. The highest BCUT2D eigenvalue weighted by Crippen LogP contribution is 2.40. The molecule has 1 aliphatic carbocycles. The van der Waals surface area contributed by atoms with Crippen LogP contribution in [0.5, 0.6) is 0 Å². The summed E-state index contributed by atoms with van der Waals surface area (Å²) in [5.41, 5.74) is 0. The zero-order valence-electron chi connectivity index (χ0n) is 16.0. The van der Waals surface area contributed by atoms with Crippen LogP contribution in [-0.2, 0) is 24.2 Å². The number of rotatable bonds is 5. The number of carbonyl (C=O) groups is 2. The summed E-state index contributed by atoms with van der Waals surface area (Å²) < 4.78 is 58.6. The fourth-order valence-electron chi connectivity index (χ4n) is 3.97. The van der Waals surface area contributed by atoms with Crippen LogP contribution < -0.4 is 5.32 Å². The van der Waals surface area contributed by atoms with Crippen LogP contribution >= 0.6 is 0 Å². The third-order valence-electron chi connectivity index (χ3n) is 5.48. The number of nitriles is 1. The molecule has 1 aromatic carbocycles. The van der Waals surface area contributed by atoms with Gasteiger partial charge < -0.3 is 15.0 Å². The molecule has 0 bridgehead atoms. The lowest BCUT2D eigenvalue weighted by Gasteiger charge is -2.30. The van der Waals surface area contributed by atoms with Crippen molar-refractivity contribution in [3.05, 3.63) is 29.8 Å². The monoisotopic (exact) mass is 441 g/mol. The first-order valence-corrected chi connectivity index (χ1v) is 11.0. The van der Waals surface area contributed by atoms with Gasteiger partial charge in [0.15, 0.2) is 9.84 Å². The van der Waals surface area contributed by atoms with Gasteiger partial charge in [0.05, 0.1) is 36.4 Å². The Morgan fingerprint density at radius 3 is 2.50 bits per heavy atom. The largest absolute Gasteiger partial charge is 0.378 e. The summed E-state index contributed by atoms with van der Waals surface area (Å²) in [5, 5.41) is 9.89. The van der Waals surface area contributed by atoms with E-state index >= 15 is 0 Å². The number of morpholine rings is 1. The van der Waals surface area contributed by atoms with E-state index < -0.39 is 49.4 Å². The Morgan fingerprint density at radius 1 is 1.20 bits per heavy atom. The first-order valence-electron chi connectivity index (χ1n) is 9.46. The molecule has 30 heavy (non-hydrogen) atoms. The summed E-state index contributed by atoms with van der Waals surface area (Å²) >= 11 is 0. The smallest absolute Gasteiger partial charge is 0.226 e. The van der Waals surface area contributed by atoms with Gasteiger partial charge in [-0.25, -0.2) is 17.2 Å². The van der Waals surface area contributed by atoms with Crippen LogP contribution in [0.3, 0.4) is 0 Å². The van der Waals surface area contributed by atoms with Crippen molar-refractivity contribution >= 4 is 21.7 Å². The number of carbonyl (C=O) groups excluding carboxylic acids is 2. The van der Waals surface area contributed by atoms with Crippen LogP contribution in [0.25, 0.3) is 0 Å². The number of ether oxygens (including phenoxy) is 1. The molecule has 8 nitrogen and oxygen atoms in total. The summed E-state index contributed by atoms with van der Waals surface area (Å²) in [5.74, 6) is -4.99. The maximum Gasteiger partial charge on any atom is 0.226 e. The highest BCUT2D eigenvalue weighted by Gasteiger charge is 2.49. The highest BCUT2D eigenvalue weighted by molar-refractivity contribution is 7.92. The number of hydrogen-bond acceptors (Lipinski definition) is 6. The molecule has 2 aliphatic rings. The van der Waals surface area contributed by atoms with E-state index in [-0.39, 0.29) is 25.3 Å². The second-order valence-electron chi connectivity index (χ2n) is 7.24. The van der Waals surface area contributed by atoms with Crippen molar-refractivity contribution < 1.29 is 31.5 Å². The standard InChI is InChI=1S/C19H21F2N3O5S/c20-12-1-2-17(16(21)9-12)30(27,28)13-10-14(18(25)23-4-3-22)15(11-13)19(26)24-5-7-29-8-6-24/h1-2,9,13-15H,4-8,10-11H2,(H,23,25)/t13-,14-,15-/m1/s1. The van der Waals surface area contributed by atoms with Gasteiger partial charge in [-0.2, -0.15) is 5.26 Å². The molecule has 1 saturated carbocycles. The SMILES string of the molecule is N#CCNC(=O)[C@@H]1C[C@@H](S(=O)(=O)c2ccc(F)cc2F)C[C@H]1C(=O)N1CCOCC1. The van der Waals surface area contributed by atoms with Gasteiger partial charge in [0.1, 0.15) is 23.1 Å². The van der Waals surface area contributed by atoms with Crippen molar-refractivity contribution in [2.75, 3.05) is 32.8 Å². The third kappa shape index (κ3) is 4.44. The van der Waals surface area contributed by atoms with E-state index in [1.807, 2.05) is 0 Å². The number of benzene rings is 1. The summed E-state index contributed by atoms with van der Waals surface area (Å²) in [6.07, 6.45) is -0.364. The number of amides is 2. The predicted octanol–water partition coefficient (Wildman–Crippen LogP) is 0.632. The number of halogens is 2. The molecule has 3 rings (SSSR count). The van der Waals surface area contributed by atoms with Crippen molar-refractivity contribution in [1.29, 1.82) is 5.26 Å². The van der Waals surface area contributed by atoms with Gasteiger partial charge in [-0.3, -0.25) is 9.59 Å². The number of nitrogens with one attached hydrogen (secondary N) is 1. The Bertz CT molecular complexity index is 973. The van der Waals surface area contributed by atoms with E-state index in [9.17, 15) is 26.8 Å². The van der Waals surface area contributed by atoms with Crippen LogP contribution in [0.1, 0.15) is 12.8 Å². The lowest BCUT2D eigenvalue weighted by atomic mass is 9.93. The van der Waals surface area contributed by atoms with E-state index in [0.717, 1.165) is 12.1 Å². The minimum Gasteiger partial charge on any atom is -0.378 e. The fraction of sp³-hybridized carbons (Fsp3) is 0.526. The summed E-state index contributed by atoms with van der Waals surface area (Å²) in [7, 11) is -4.25. The maximum atomic E-state index is 14.1. The molecule has 1 aliphatic heterocycles. The van der Waals surface area contributed by atoms with E-state index in [1.54, 1.807) is 6.07 Å². The third-order valence-corrected chi connectivity index (χ3v) is 7.68.